The Bertz CT molecular complexity index is 500. The molecule has 3 rings (SSSR count). The fourth-order valence-corrected chi connectivity index (χ4v) is 3.93. The molecule has 2 saturated carbocycles. The highest BCUT2D eigenvalue weighted by molar-refractivity contribution is 5.33. The van der Waals surface area contributed by atoms with Crippen LogP contribution in [-0.2, 0) is 0 Å². The first-order chi connectivity index (χ1) is 10.6. The minimum atomic E-state index is -0.797. The Hall–Kier alpha value is -1.12. The third kappa shape index (κ3) is 3.44. The second kappa shape index (κ2) is 6.97. The monoisotopic (exact) mass is 308 g/mol. The van der Waals surface area contributed by atoms with Crippen molar-refractivity contribution in [1.29, 1.82) is 0 Å². The predicted octanol–water partition coefficient (Wildman–Crippen LogP) is 5.83. The molecular formula is C19H26F2O. The number of hydrogen-bond acceptors (Lipinski definition) is 1. The standard InChI is InChI=1S/C19H26F2O/c1-13-6-8-15(9-7-13)16-10-11-17(19(21)18(16)20)22-12-14-4-2-3-5-14/h10-11,13-15H,2-9,12H2,1H3. The molecule has 0 bridgehead atoms. The molecule has 1 aromatic rings. The fraction of sp³-hybridized carbons (Fsp3) is 0.684. The zero-order chi connectivity index (χ0) is 15.5. The fourth-order valence-electron chi connectivity index (χ4n) is 3.93. The van der Waals surface area contributed by atoms with Crippen LogP contribution in [0.3, 0.4) is 0 Å². The quantitative estimate of drug-likeness (QED) is 0.680. The average molecular weight is 308 g/mol. The molecule has 0 unspecified atom stereocenters. The summed E-state index contributed by atoms with van der Waals surface area (Å²) in [5, 5.41) is 0. The lowest BCUT2D eigenvalue weighted by atomic mass is 9.79. The number of ether oxygens (including phenoxy) is 1. The molecule has 0 radical (unpaired) electrons. The van der Waals surface area contributed by atoms with Crippen molar-refractivity contribution in [2.45, 2.75) is 64.2 Å². The third-order valence-corrected chi connectivity index (χ3v) is 5.48. The van der Waals surface area contributed by atoms with Crippen molar-refractivity contribution in [3.8, 4) is 5.75 Å². The van der Waals surface area contributed by atoms with E-state index in [9.17, 15) is 8.78 Å². The van der Waals surface area contributed by atoms with Crippen LogP contribution in [-0.4, -0.2) is 6.61 Å². The van der Waals surface area contributed by atoms with Crippen LogP contribution < -0.4 is 4.74 Å². The molecule has 0 atom stereocenters. The van der Waals surface area contributed by atoms with Gasteiger partial charge in [-0.05, 0) is 55.1 Å². The first-order valence-corrected chi connectivity index (χ1v) is 8.76. The summed E-state index contributed by atoms with van der Waals surface area (Å²) in [7, 11) is 0. The Balaban J connectivity index is 1.67. The molecule has 0 saturated heterocycles. The van der Waals surface area contributed by atoms with Gasteiger partial charge in [0.25, 0.3) is 0 Å². The Labute approximate surface area is 132 Å². The third-order valence-electron chi connectivity index (χ3n) is 5.48. The second-order valence-electron chi connectivity index (χ2n) is 7.20. The normalized spacial score (nSPS) is 26.3. The van der Waals surface area contributed by atoms with E-state index in [2.05, 4.69) is 6.92 Å². The summed E-state index contributed by atoms with van der Waals surface area (Å²) >= 11 is 0. The Morgan fingerprint density at radius 3 is 2.32 bits per heavy atom. The molecule has 0 heterocycles. The highest BCUT2D eigenvalue weighted by Crippen LogP contribution is 2.38. The molecule has 0 aliphatic heterocycles. The van der Waals surface area contributed by atoms with E-state index in [0.29, 0.717) is 24.0 Å². The molecule has 0 N–H and O–H groups in total. The largest absolute Gasteiger partial charge is 0.490 e. The van der Waals surface area contributed by atoms with E-state index in [0.717, 1.165) is 38.5 Å². The summed E-state index contributed by atoms with van der Waals surface area (Å²) in [5.41, 5.74) is 0.539. The Morgan fingerprint density at radius 1 is 0.955 bits per heavy atom. The minimum absolute atomic E-state index is 0.0809. The minimum Gasteiger partial charge on any atom is -0.490 e. The zero-order valence-corrected chi connectivity index (χ0v) is 13.4. The number of benzene rings is 1. The van der Waals surface area contributed by atoms with E-state index in [-0.39, 0.29) is 11.7 Å². The molecule has 22 heavy (non-hydrogen) atoms. The van der Waals surface area contributed by atoms with Crippen molar-refractivity contribution in [3.05, 3.63) is 29.3 Å². The van der Waals surface area contributed by atoms with Gasteiger partial charge in [-0.15, -0.1) is 0 Å². The lowest BCUT2D eigenvalue weighted by molar-refractivity contribution is 0.238. The number of halogens is 2. The van der Waals surface area contributed by atoms with Gasteiger partial charge in [0.05, 0.1) is 6.61 Å². The van der Waals surface area contributed by atoms with Gasteiger partial charge in [0.1, 0.15) is 0 Å². The van der Waals surface area contributed by atoms with Crippen molar-refractivity contribution < 1.29 is 13.5 Å². The van der Waals surface area contributed by atoms with E-state index in [1.54, 1.807) is 12.1 Å². The van der Waals surface area contributed by atoms with Gasteiger partial charge in [-0.25, -0.2) is 4.39 Å². The highest BCUT2D eigenvalue weighted by atomic mass is 19.2. The summed E-state index contributed by atoms with van der Waals surface area (Å²) in [4.78, 5) is 0. The first-order valence-electron chi connectivity index (χ1n) is 8.76. The van der Waals surface area contributed by atoms with E-state index < -0.39 is 11.6 Å². The van der Waals surface area contributed by atoms with Crippen LogP contribution in [0.2, 0.25) is 0 Å². The van der Waals surface area contributed by atoms with Crippen molar-refractivity contribution in [2.75, 3.05) is 6.61 Å². The van der Waals surface area contributed by atoms with Gasteiger partial charge in [0.15, 0.2) is 11.6 Å². The van der Waals surface area contributed by atoms with Crippen LogP contribution in [0.5, 0.6) is 5.75 Å². The molecular weight excluding hydrogens is 282 g/mol. The first kappa shape index (κ1) is 15.8. The molecule has 2 fully saturated rings. The van der Waals surface area contributed by atoms with Crippen molar-refractivity contribution in [3.63, 3.8) is 0 Å². The van der Waals surface area contributed by atoms with Crippen LogP contribution in [0.1, 0.15) is 69.8 Å². The molecule has 122 valence electrons. The van der Waals surface area contributed by atoms with E-state index >= 15 is 0 Å². The van der Waals surface area contributed by atoms with Gasteiger partial charge >= 0.3 is 0 Å². The van der Waals surface area contributed by atoms with Gasteiger partial charge in [-0.1, -0.05) is 38.7 Å². The van der Waals surface area contributed by atoms with E-state index in [1.165, 1.54) is 12.8 Å². The highest BCUT2D eigenvalue weighted by Gasteiger charge is 2.25. The molecule has 0 aromatic heterocycles. The summed E-state index contributed by atoms with van der Waals surface area (Å²) < 4.78 is 34.2. The van der Waals surface area contributed by atoms with Crippen LogP contribution >= 0.6 is 0 Å². The second-order valence-corrected chi connectivity index (χ2v) is 7.20. The van der Waals surface area contributed by atoms with Gasteiger partial charge < -0.3 is 4.74 Å². The maximum Gasteiger partial charge on any atom is 0.200 e. The van der Waals surface area contributed by atoms with Crippen LogP contribution in [0.4, 0.5) is 8.78 Å². The van der Waals surface area contributed by atoms with Gasteiger partial charge in [-0.3, -0.25) is 0 Å². The molecule has 1 nitrogen and oxygen atoms in total. The molecule has 0 spiro atoms. The van der Waals surface area contributed by atoms with Crippen LogP contribution in [0, 0.1) is 23.5 Å². The number of rotatable bonds is 4. The number of hydrogen-bond donors (Lipinski definition) is 0. The molecule has 2 aliphatic rings. The van der Waals surface area contributed by atoms with Crippen LogP contribution in [0.15, 0.2) is 12.1 Å². The molecule has 3 heteroatoms. The lowest BCUT2D eigenvalue weighted by Gasteiger charge is -2.27. The topological polar surface area (TPSA) is 9.23 Å². The van der Waals surface area contributed by atoms with E-state index in [4.69, 9.17) is 4.74 Å². The van der Waals surface area contributed by atoms with Gasteiger partial charge in [0.2, 0.25) is 5.82 Å². The molecule has 2 aliphatic carbocycles. The maximum absolute atomic E-state index is 14.4. The van der Waals surface area contributed by atoms with Crippen molar-refractivity contribution in [1.82, 2.24) is 0 Å². The van der Waals surface area contributed by atoms with Crippen molar-refractivity contribution in [2.24, 2.45) is 11.8 Å². The van der Waals surface area contributed by atoms with E-state index in [1.807, 2.05) is 0 Å². The summed E-state index contributed by atoms with van der Waals surface area (Å²) in [6.07, 6.45) is 8.86. The molecule has 0 amide bonds. The SMILES string of the molecule is CC1CCC(c2ccc(OCC3CCCC3)c(F)c2F)CC1. The summed E-state index contributed by atoms with van der Waals surface area (Å²) in [5.74, 6) is -0.0374. The smallest absolute Gasteiger partial charge is 0.200 e. The lowest BCUT2D eigenvalue weighted by Crippen LogP contribution is -2.14. The van der Waals surface area contributed by atoms with Crippen LogP contribution in [0.25, 0.3) is 0 Å². The zero-order valence-electron chi connectivity index (χ0n) is 13.4. The van der Waals surface area contributed by atoms with Gasteiger partial charge in [-0.2, -0.15) is 4.39 Å². The Kier molecular flexibility index (Phi) is 5.00. The Morgan fingerprint density at radius 2 is 1.64 bits per heavy atom. The average Bonchev–Trinajstić information content (AvgIpc) is 3.03. The predicted molar refractivity (Wildman–Crippen MR) is 84.2 cm³/mol. The van der Waals surface area contributed by atoms with Crippen molar-refractivity contribution >= 4 is 0 Å². The summed E-state index contributed by atoms with van der Waals surface area (Å²) in [6.45, 7) is 2.74. The molecule has 1 aromatic carbocycles. The summed E-state index contributed by atoms with van der Waals surface area (Å²) in [6, 6.07) is 3.36. The maximum atomic E-state index is 14.4. The van der Waals surface area contributed by atoms with Gasteiger partial charge in [0, 0.05) is 0 Å².